The Labute approximate surface area is 192 Å². The molecule has 0 radical (unpaired) electrons. The van der Waals surface area contributed by atoms with E-state index in [-0.39, 0.29) is 36.1 Å². The highest BCUT2D eigenvalue weighted by Gasteiger charge is 2.40. The van der Waals surface area contributed by atoms with Gasteiger partial charge >= 0.3 is 0 Å². The first-order valence-corrected chi connectivity index (χ1v) is 11.6. The average molecular weight is 451 g/mol. The van der Waals surface area contributed by atoms with Gasteiger partial charge in [-0.2, -0.15) is 0 Å². The van der Waals surface area contributed by atoms with Gasteiger partial charge in [0.15, 0.2) is 0 Å². The molecule has 1 N–H and O–H groups in total. The lowest BCUT2D eigenvalue weighted by Gasteiger charge is -2.45. The molecule has 0 saturated carbocycles. The zero-order valence-electron chi connectivity index (χ0n) is 18.4. The molecular formula is C25H27FN4O3. The molecule has 2 saturated heterocycles. The highest BCUT2D eigenvalue weighted by molar-refractivity contribution is 6.11. The molecule has 3 aliphatic heterocycles. The highest BCUT2D eigenvalue weighted by Crippen LogP contribution is 2.40. The molecule has 2 fully saturated rings. The van der Waals surface area contributed by atoms with Crippen LogP contribution in [0.1, 0.15) is 42.5 Å². The van der Waals surface area contributed by atoms with Gasteiger partial charge in [-0.1, -0.05) is 0 Å². The van der Waals surface area contributed by atoms with Crippen molar-refractivity contribution in [3.05, 3.63) is 53.8 Å². The Hall–Kier alpha value is -3.42. The van der Waals surface area contributed by atoms with Gasteiger partial charge in [-0.25, -0.2) is 4.39 Å². The first-order chi connectivity index (χ1) is 16.0. The molecule has 0 bridgehead atoms. The third kappa shape index (κ3) is 4.17. The normalized spacial score (nSPS) is 19.8. The number of fused-ring (bicyclic) bond motifs is 3. The number of anilines is 3. The monoisotopic (exact) mass is 450 g/mol. The van der Waals surface area contributed by atoms with E-state index in [4.69, 9.17) is 0 Å². The van der Waals surface area contributed by atoms with Crippen molar-refractivity contribution < 1.29 is 18.8 Å². The van der Waals surface area contributed by atoms with E-state index in [0.29, 0.717) is 16.9 Å². The van der Waals surface area contributed by atoms with Crippen molar-refractivity contribution in [1.82, 2.24) is 4.90 Å². The highest BCUT2D eigenvalue weighted by atomic mass is 19.1. The first kappa shape index (κ1) is 21.4. The third-order valence-corrected chi connectivity index (χ3v) is 6.70. The van der Waals surface area contributed by atoms with E-state index >= 15 is 0 Å². The minimum absolute atomic E-state index is 0.0424. The largest absolute Gasteiger partial charge is 0.358 e. The third-order valence-electron chi connectivity index (χ3n) is 6.70. The van der Waals surface area contributed by atoms with Gasteiger partial charge in [0.05, 0.1) is 11.4 Å². The number of hydrogen-bond donors (Lipinski definition) is 1. The number of rotatable bonds is 4. The van der Waals surface area contributed by atoms with Crippen LogP contribution in [0.5, 0.6) is 0 Å². The molecule has 0 spiro atoms. The molecule has 8 heteroatoms. The Morgan fingerprint density at radius 3 is 2.42 bits per heavy atom. The predicted molar refractivity (Wildman–Crippen MR) is 124 cm³/mol. The summed E-state index contributed by atoms with van der Waals surface area (Å²) in [7, 11) is 0. The van der Waals surface area contributed by atoms with Gasteiger partial charge in [-0.05, 0) is 74.6 Å². The van der Waals surface area contributed by atoms with E-state index < -0.39 is 0 Å². The van der Waals surface area contributed by atoms with Crippen LogP contribution in [0.3, 0.4) is 0 Å². The van der Waals surface area contributed by atoms with Crippen molar-refractivity contribution in [2.75, 3.05) is 41.3 Å². The summed E-state index contributed by atoms with van der Waals surface area (Å²) < 4.78 is 13.2. The topological polar surface area (TPSA) is 73.0 Å². The number of nitrogens with zero attached hydrogens (tertiary/aromatic N) is 3. The molecule has 1 atom stereocenters. The molecule has 2 aromatic carbocycles. The number of amides is 3. The zero-order chi connectivity index (χ0) is 22.9. The smallest absolute Gasteiger partial charge is 0.253 e. The summed E-state index contributed by atoms with van der Waals surface area (Å²) in [6.45, 7) is 2.09. The molecule has 0 aliphatic carbocycles. The summed E-state index contributed by atoms with van der Waals surface area (Å²) in [5.74, 6) is -0.927. The van der Waals surface area contributed by atoms with Gasteiger partial charge in [0.25, 0.3) is 5.91 Å². The number of likely N-dealkylation sites (tertiary alicyclic amines) is 1. The van der Waals surface area contributed by atoms with Crippen molar-refractivity contribution in [1.29, 1.82) is 0 Å². The standard InChI is InChI=1S/C25H27FN4O3/c26-18-7-9-19(10-8-18)27-23(31)16-30-22-15-17(24(32)28-12-3-4-13-28)6-11-20(22)29-14-2-1-5-21(29)25(30)33/h6-11,15,21H,1-5,12-14,16H2,(H,27,31)/t21-/m0/s1. The predicted octanol–water partition coefficient (Wildman–Crippen LogP) is 3.41. The van der Waals surface area contributed by atoms with Crippen LogP contribution in [-0.4, -0.2) is 54.8 Å². The molecule has 3 heterocycles. The SMILES string of the molecule is O=C(CN1C(=O)[C@@H]2CCCCN2c2ccc(C(=O)N3CCCC3)cc21)Nc1ccc(F)cc1. The van der Waals surface area contributed by atoms with Crippen LogP contribution < -0.4 is 15.1 Å². The summed E-state index contributed by atoms with van der Waals surface area (Å²) >= 11 is 0. The van der Waals surface area contributed by atoms with Gasteiger partial charge in [0.1, 0.15) is 18.4 Å². The van der Waals surface area contributed by atoms with E-state index in [2.05, 4.69) is 10.2 Å². The Morgan fingerprint density at radius 2 is 1.67 bits per heavy atom. The van der Waals surface area contributed by atoms with E-state index in [1.165, 1.54) is 29.2 Å². The Balaban J connectivity index is 1.45. The van der Waals surface area contributed by atoms with Crippen molar-refractivity contribution in [3.63, 3.8) is 0 Å². The second-order valence-electron chi connectivity index (χ2n) is 8.89. The van der Waals surface area contributed by atoms with Crippen LogP contribution in [0.15, 0.2) is 42.5 Å². The average Bonchev–Trinajstić information content (AvgIpc) is 3.37. The molecule has 0 aromatic heterocycles. The molecule has 0 unspecified atom stereocenters. The fraction of sp³-hybridized carbons (Fsp3) is 0.400. The van der Waals surface area contributed by atoms with E-state index in [9.17, 15) is 18.8 Å². The molecule has 5 rings (SSSR count). The van der Waals surface area contributed by atoms with Crippen LogP contribution in [0.4, 0.5) is 21.5 Å². The first-order valence-electron chi connectivity index (χ1n) is 11.6. The maximum absolute atomic E-state index is 13.5. The maximum Gasteiger partial charge on any atom is 0.253 e. The van der Waals surface area contributed by atoms with Crippen LogP contribution in [-0.2, 0) is 9.59 Å². The lowest BCUT2D eigenvalue weighted by molar-refractivity contribution is -0.123. The maximum atomic E-state index is 13.5. The van der Waals surface area contributed by atoms with Crippen molar-refractivity contribution in [2.45, 2.75) is 38.1 Å². The van der Waals surface area contributed by atoms with Gasteiger partial charge < -0.3 is 15.1 Å². The fourth-order valence-electron chi connectivity index (χ4n) is 5.03. The lowest BCUT2D eigenvalue weighted by atomic mass is 9.95. The van der Waals surface area contributed by atoms with E-state index in [0.717, 1.165) is 57.4 Å². The Bertz CT molecular complexity index is 1080. The summed E-state index contributed by atoms with van der Waals surface area (Å²) in [5.41, 5.74) is 2.47. The summed E-state index contributed by atoms with van der Waals surface area (Å²) in [5, 5.41) is 2.73. The van der Waals surface area contributed by atoms with Gasteiger partial charge in [-0.3, -0.25) is 19.3 Å². The lowest BCUT2D eigenvalue weighted by Crippen LogP contribution is -2.56. The Kier molecular flexibility index (Phi) is 5.74. The molecule has 3 amide bonds. The van der Waals surface area contributed by atoms with Crippen LogP contribution in [0.2, 0.25) is 0 Å². The summed E-state index contributed by atoms with van der Waals surface area (Å²) in [6.07, 6.45) is 4.70. The van der Waals surface area contributed by atoms with Crippen molar-refractivity contribution in [2.24, 2.45) is 0 Å². The molecular weight excluding hydrogens is 423 g/mol. The zero-order valence-corrected chi connectivity index (χ0v) is 18.4. The van der Waals surface area contributed by atoms with Crippen molar-refractivity contribution in [3.8, 4) is 0 Å². The second kappa shape index (κ2) is 8.84. The minimum atomic E-state index is -0.388. The second-order valence-corrected chi connectivity index (χ2v) is 8.89. The fourth-order valence-corrected chi connectivity index (χ4v) is 5.03. The number of carbonyl (C=O) groups excluding carboxylic acids is 3. The number of piperidine rings is 1. The van der Waals surface area contributed by atoms with Crippen LogP contribution in [0.25, 0.3) is 0 Å². The minimum Gasteiger partial charge on any atom is -0.358 e. The van der Waals surface area contributed by atoms with Crippen LogP contribution >= 0.6 is 0 Å². The van der Waals surface area contributed by atoms with Crippen LogP contribution in [0, 0.1) is 5.82 Å². The van der Waals surface area contributed by atoms with Gasteiger partial charge in [0, 0.05) is 30.9 Å². The number of nitrogens with one attached hydrogen (secondary N) is 1. The molecule has 172 valence electrons. The quantitative estimate of drug-likeness (QED) is 0.775. The van der Waals surface area contributed by atoms with Gasteiger partial charge in [0.2, 0.25) is 11.8 Å². The molecule has 7 nitrogen and oxygen atoms in total. The number of hydrogen-bond acceptors (Lipinski definition) is 4. The van der Waals surface area contributed by atoms with Gasteiger partial charge in [-0.15, -0.1) is 0 Å². The van der Waals surface area contributed by atoms with E-state index in [1.54, 1.807) is 6.07 Å². The summed E-state index contributed by atoms with van der Waals surface area (Å²) in [4.78, 5) is 44.7. The Morgan fingerprint density at radius 1 is 0.939 bits per heavy atom. The van der Waals surface area contributed by atoms with Crippen molar-refractivity contribution >= 4 is 34.8 Å². The summed E-state index contributed by atoms with van der Waals surface area (Å²) in [6, 6.07) is 10.7. The van der Waals surface area contributed by atoms with E-state index in [1.807, 2.05) is 17.0 Å². The molecule has 3 aliphatic rings. The number of benzene rings is 2. The molecule has 33 heavy (non-hydrogen) atoms. The number of halogens is 1. The number of carbonyl (C=O) groups is 3. The molecule has 2 aromatic rings.